The number of nitrogens with two attached hydrogens (primary N) is 1. The van der Waals surface area contributed by atoms with Crippen LogP contribution in [0.3, 0.4) is 0 Å². The Morgan fingerprint density at radius 1 is 1.12 bits per heavy atom. The second-order valence-electron chi connectivity index (χ2n) is 6.96. The number of carbonyl (C=O) groups excluding carboxylic acids is 3. The van der Waals surface area contributed by atoms with E-state index in [1.165, 1.54) is 17.0 Å². The molecule has 2 aromatic rings. The number of aliphatic hydroxyl groups excluding tert-OH is 2. The van der Waals surface area contributed by atoms with E-state index >= 15 is 0 Å². The number of nitrogens with zero attached hydrogens (tertiary/aromatic N) is 1. The summed E-state index contributed by atoms with van der Waals surface area (Å²) in [5.41, 5.74) is 7.17. The van der Waals surface area contributed by atoms with E-state index < -0.39 is 36.5 Å². The molecule has 1 fully saturated rings. The van der Waals surface area contributed by atoms with Crippen LogP contribution in [0.15, 0.2) is 48.5 Å². The molecule has 1 aliphatic heterocycles. The summed E-state index contributed by atoms with van der Waals surface area (Å²) in [6, 6.07) is 12.4. The number of benzene rings is 2. The Bertz CT molecular complexity index is 1010. The minimum absolute atomic E-state index is 0. The number of carbonyl (C=O) groups is 3. The molecule has 3 rings (SSSR count). The van der Waals surface area contributed by atoms with Crippen LogP contribution in [0.25, 0.3) is 0 Å². The lowest BCUT2D eigenvalue weighted by Crippen LogP contribution is -2.55. The lowest BCUT2D eigenvalue weighted by atomic mass is 10.1. The molecule has 2 aromatic carbocycles. The number of amides is 3. The fourth-order valence-electron chi connectivity index (χ4n) is 3.10. The van der Waals surface area contributed by atoms with Crippen LogP contribution in [0.4, 0.5) is 17.1 Å². The number of anilines is 3. The zero-order chi connectivity index (χ0) is 23.3. The van der Waals surface area contributed by atoms with Crippen LogP contribution in [0.5, 0.6) is 0 Å². The van der Waals surface area contributed by atoms with Crippen molar-refractivity contribution in [2.45, 2.75) is 12.2 Å². The molecule has 1 aliphatic rings. The first kappa shape index (κ1) is 25.7. The van der Waals surface area contributed by atoms with Crippen molar-refractivity contribution in [1.82, 2.24) is 0 Å². The molecule has 0 radical (unpaired) electrons. The van der Waals surface area contributed by atoms with Crippen LogP contribution in [-0.2, 0) is 19.1 Å². The maximum atomic E-state index is 12.9. The van der Waals surface area contributed by atoms with Gasteiger partial charge in [0.1, 0.15) is 12.4 Å². The first-order valence-electron chi connectivity index (χ1n) is 9.67. The van der Waals surface area contributed by atoms with Crippen LogP contribution in [-0.4, -0.2) is 65.7 Å². The second kappa shape index (κ2) is 11.4. The van der Waals surface area contributed by atoms with Gasteiger partial charge in [-0.05, 0) is 48.5 Å². The first-order chi connectivity index (χ1) is 15.3. The van der Waals surface area contributed by atoms with E-state index in [0.717, 1.165) is 0 Å². The zero-order valence-electron chi connectivity index (χ0n) is 17.4. The van der Waals surface area contributed by atoms with Crippen molar-refractivity contribution in [3.63, 3.8) is 0 Å². The number of halogens is 1. The summed E-state index contributed by atoms with van der Waals surface area (Å²) >= 11 is 0. The average molecular weight is 478 g/mol. The molecular weight excluding hydrogens is 454 g/mol. The van der Waals surface area contributed by atoms with Crippen LogP contribution in [0.1, 0.15) is 5.56 Å². The highest BCUT2D eigenvalue weighted by Gasteiger charge is 2.39. The Balaban J connectivity index is 0.00000385. The third-order valence-corrected chi connectivity index (χ3v) is 4.75. The van der Waals surface area contributed by atoms with Gasteiger partial charge in [0.2, 0.25) is 5.91 Å². The molecule has 0 saturated carbocycles. The highest BCUT2D eigenvalue weighted by Crippen LogP contribution is 2.23. The van der Waals surface area contributed by atoms with Crippen molar-refractivity contribution in [3.05, 3.63) is 54.1 Å². The maximum Gasteiger partial charge on any atom is 0.259 e. The summed E-state index contributed by atoms with van der Waals surface area (Å²) in [5, 5.41) is 31.6. The molecule has 11 nitrogen and oxygen atoms in total. The minimum atomic E-state index is -1.75. The van der Waals surface area contributed by atoms with Crippen molar-refractivity contribution < 1.29 is 29.3 Å². The van der Waals surface area contributed by atoms with E-state index in [9.17, 15) is 19.5 Å². The van der Waals surface area contributed by atoms with Gasteiger partial charge in [0.15, 0.2) is 12.2 Å². The van der Waals surface area contributed by atoms with Gasteiger partial charge in [0.05, 0.1) is 6.61 Å². The number of nitrogen functional groups attached to an aromatic ring is 1. The lowest BCUT2D eigenvalue weighted by molar-refractivity contribution is -0.150. The molecule has 1 saturated heterocycles. The molecule has 0 aliphatic carbocycles. The molecule has 7 N–H and O–H groups in total. The lowest BCUT2D eigenvalue weighted by Gasteiger charge is -2.34. The predicted octanol–water partition coefficient (Wildman–Crippen LogP) is 0.0547. The number of nitrogens with one attached hydrogen (secondary N) is 3. The molecule has 12 heteroatoms. The molecule has 176 valence electrons. The monoisotopic (exact) mass is 477 g/mol. The van der Waals surface area contributed by atoms with E-state index in [4.69, 9.17) is 21.0 Å². The average Bonchev–Trinajstić information content (AvgIpc) is 2.79. The molecular formula is C21H24ClN5O6. The van der Waals surface area contributed by atoms with Crippen molar-refractivity contribution in [2.24, 2.45) is 5.73 Å². The van der Waals surface area contributed by atoms with E-state index in [-0.39, 0.29) is 31.4 Å². The van der Waals surface area contributed by atoms with Crippen molar-refractivity contribution in [3.8, 4) is 0 Å². The number of amidine groups is 1. The van der Waals surface area contributed by atoms with Gasteiger partial charge in [-0.2, -0.15) is 0 Å². The van der Waals surface area contributed by atoms with E-state index in [1.807, 2.05) is 0 Å². The SMILES string of the molecule is Cl.N=C(N)c1ccc(NC(=O)[C@H](O)[C@H]2OCCN(c3ccc(NC(=O)CO)cc3)C2=O)cc1. The Labute approximate surface area is 195 Å². The summed E-state index contributed by atoms with van der Waals surface area (Å²) in [4.78, 5) is 38.0. The molecule has 1 heterocycles. The highest BCUT2D eigenvalue weighted by molar-refractivity contribution is 6.04. The minimum Gasteiger partial charge on any atom is -0.387 e. The summed E-state index contributed by atoms with van der Waals surface area (Å²) in [6.07, 6.45) is -3.14. The van der Waals surface area contributed by atoms with Crippen LogP contribution >= 0.6 is 12.4 Å². The first-order valence-corrected chi connectivity index (χ1v) is 9.67. The van der Waals surface area contributed by atoms with Gasteiger partial charge in [-0.15, -0.1) is 12.4 Å². The van der Waals surface area contributed by atoms with E-state index in [2.05, 4.69) is 10.6 Å². The van der Waals surface area contributed by atoms with Gasteiger partial charge >= 0.3 is 0 Å². The van der Waals surface area contributed by atoms with Crippen LogP contribution in [0, 0.1) is 5.41 Å². The number of rotatable bonds is 7. The number of hydrogen-bond acceptors (Lipinski definition) is 7. The van der Waals surface area contributed by atoms with E-state index in [0.29, 0.717) is 22.6 Å². The normalized spacial score (nSPS) is 16.4. The fraction of sp³-hybridized carbons (Fsp3) is 0.238. The third-order valence-electron chi connectivity index (χ3n) is 4.75. The molecule has 33 heavy (non-hydrogen) atoms. The van der Waals surface area contributed by atoms with E-state index in [1.54, 1.807) is 36.4 Å². The van der Waals surface area contributed by atoms with Gasteiger partial charge in [-0.1, -0.05) is 0 Å². The Hall–Kier alpha value is -3.51. The molecule has 0 aromatic heterocycles. The molecule has 2 atom stereocenters. The quantitative estimate of drug-likeness (QED) is 0.241. The predicted molar refractivity (Wildman–Crippen MR) is 124 cm³/mol. The molecule has 0 bridgehead atoms. The van der Waals surface area contributed by atoms with Crippen molar-refractivity contribution in [1.29, 1.82) is 5.41 Å². The van der Waals surface area contributed by atoms with Crippen molar-refractivity contribution in [2.75, 3.05) is 35.3 Å². The van der Waals surface area contributed by atoms with Gasteiger partial charge in [-0.3, -0.25) is 19.8 Å². The van der Waals surface area contributed by atoms with Gasteiger partial charge in [0.25, 0.3) is 11.8 Å². The Morgan fingerprint density at radius 2 is 1.70 bits per heavy atom. The zero-order valence-corrected chi connectivity index (χ0v) is 18.2. The number of ether oxygens (including phenoxy) is 1. The van der Waals surface area contributed by atoms with Gasteiger partial charge < -0.3 is 36.2 Å². The van der Waals surface area contributed by atoms with Crippen molar-refractivity contribution >= 4 is 53.0 Å². The summed E-state index contributed by atoms with van der Waals surface area (Å²) in [7, 11) is 0. The Morgan fingerprint density at radius 3 is 2.27 bits per heavy atom. The number of morpholine rings is 1. The summed E-state index contributed by atoms with van der Waals surface area (Å²) in [6.45, 7) is -0.318. The number of hydrogen-bond donors (Lipinski definition) is 6. The maximum absolute atomic E-state index is 12.9. The molecule has 0 unspecified atom stereocenters. The van der Waals surface area contributed by atoms with Crippen LogP contribution < -0.4 is 21.3 Å². The second-order valence-corrected chi connectivity index (χ2v) is 6.96. The molecule has 3 amide bonds. The smallest absolute Gasteiger partial charge is 0.259 e. The molecule has 0 spiro atoms. The standard InChI is InChI=1S/C21H23N5O6.ClH/c22-19(23)12-1-3-14(4-2-12)25-20(30)17(29)18-21(31)26(9-10-32-18)15-7-5-13(6-8-15)24-16(28)11-27;/h1-8,17-18,27,29H,9-11H2,(H3,22,23)(H,24,28)(H,25,30);1H/t17-,18-;/m1./s1. The number of aliphatic hydroxyl groups is 2. The topological polar surface area (TPSA) is 178 Å². The van der Waals surface area contributed by atoms with Crippen LogP contribution in [0.2, 0.25) is 0 Å². The highest BCUT2D eigenvalue weighted by atomic mass is 35.5. The van der Waals surface area contributed by atoms with Gasteiger partial charge in [-0.25, -0.2) is 0 Å². The summed E-state index contributed by atoms with van der Waals surface area (Å²) in [5.74, 6) is -2.08. The summed E-state index contributed by atoms with van der Waals surface area (Å²) < 4.78 is 5.37. The largest absolute Gasteiger partial charge is 0.387 e. The van der Waals surface area contributed by atoms with Gasteiger partial charge in [0, 0.05) is 29.2 Å². The Kier molecular flexibility index (Phi) is 8.88. The third kappa shape index (κ3) is 6.26. The fourth-order valence-corrected chi connectivity index (χ4v) is 3.10.